The van der Waals surface area contributed by atoms with Gasteiger partial charge in [-0.15, -0.1) is 0 Å². The summed E-state index contributed by atoms with van der Waals surface area (Å²) in [5, 5.41) is 0.427. The van der Waals surface area contributed by atoms with Crippen LogP contribution in [-0.4, -0.2) is 19.3 Å². The molecule has 0 atom stereocenters. The number of carbonyl (C=O) groups excluding carboxylic acids is 1. The Bertz CT molecular complexity index is 553. The van der Waals surface area contributed by atoms with Gasteiger partial charge in [0.2, 0.25) is 0 Å². The Labute approximate surface area is 132 Å². The third-order valence-electron chi connectivity index (χ3n) is 2.13. The molecule has 0 aromatic heterocycles. The predicted octanol–water partition coefficient (Wildman–Crippen LogP) is 4.18. The van der Waals surface area contributed by atoms with Gasteiger partial charge in [-0.2, -0.15) is 13.2 Å². The molecule has 2 N–H and O–H groups in total. The van der Waals surface area contributed by atoms with Gasteiger partial charge in [-0.3, -0.25) is 5.43 Å². The zero-order valence-corrected chi connectivity index (χ0v) is 12.6. The number of rotatable bonds is 4. The van der Waals surface area contributed by atoms with Gasteiger partial charge < -0.3 is 10.2 Å². The van der Waals surface area contributed by atoms with Crippen LogP contribution in [0.5, 0.6) is 0 Å². The van der Waals surface area contributed by atoms with E-state index in [1.807, 2.05) is 0 Å². The molecule has 1 aromatic carbocycles. The van der Waals surface area contributed by atoms with Gasteiger partial charge in [0.25, 0.3) is 0 Å². The molecular formula is C11H8Cl3F3N2O2. The number of alkyl halides is 3. The van der Waals surface area contributed by atoms with Crippen molar-refractivity contribution in [2.75, 3.05) is 12.5 Å². The van der Waals surface area contributed by atoms with Crippen molar-refractivity contribution in [3.63, 3.8) is 0 Å². The number of anilines is 1. The van der Waals surface area contributed by atoms with E-state index in [1.54, 1.807) is 0 Å². The summed E-state index contributed by atoms with van der Waals surface area (Å²) in [6.07, 6.45) is -4.48. The minimum atomic E-state index is -4.88. The van der Waals surface area contributed by atoms with Gasteiger partial charge >= 0.3 is 12.1 Å². The van der Waals surface area contributed by atoms with Gasteiger partial charge in [0.1, 0.15) is 0 Å². The third-order valence-corrected chi connectivity index (χ3v) is 2.95. The fourth-order valence-electron chi connectivity index (χ4n) is 1.21. The second-order valence-electron chi connectivity index (χ2n) is 3.56. The van der Waals surface area contributed by atoms with E-state index in [0.29, 0.717) is 6.20 Å². The second-order valence-corrected chi connectivity index (χ2v) is 4.81. The number of hydrogen-bond acceptors (Lipinski definition) is 4. The lowest BCUT2D eigenvalue weighted by atomic mass is 10.3. The molecule has 0 aliphatic heterocycles. The van der Waals surface area contributed by atoms with Crippen molar-refractivity contribution >= 4 is 46.5 Å². The van der Waals surface area contributed by atoms with E-state index in [2.05, 4.69) is 15.6 Å². The SMILES string of the molecule is COC(=O)/C(=C/NNc1c(Cl)cc(Cl)cc1Cl)C(F)(F)F. The van der Waals surface area contributed by atoms with Gasteiger partial charge in [0, 0.05) is 11.2 Å². The molecule has 0 saturated carbocycles. The number of benzene rings is 1. The number of hydrogen-bond donors (Lipinski definition) is 2. The van der Waals surface area contributed by atoms with E-state index in [0.717, 1.165) is 7.11 Å². The van der Waals surface area contributed by atoms with E-state index >= 15 is 0 Å². The first-order valence-corrected chi connectivity index (χ1v) is 6.32. The summed E-state index contributed by atoms with van der Waals surface area (Å²) in [6, 6.07) is 2.68. The lowest BCUT2D eigenvalue weighted by Gasteiger charge is -2.13. The van der Waals surface area contributed by atoms with Crippen molar-refractivity contribution in [1.82, 2.24) is 5.43 Å². The molecule has 4 nitrogen and oxygen atoms in total. The van der Waals surface area contributed by atoms with Crippen LogP contribution in [0.4, 0.5) is 18.9 Å². The lowest BCUT2D eigenvalue weighted by Crippen LogP contribution is -2.26. The molecule has 0 unspecified atom stereocenters. The van der Waals surface area contributed by atoms with Crippen molar-refractivity contribution in [1.29, 1.82) is 0 Å². The molecule has 116 valence electrons. The number of nitrogens with one attached hydrogen (secondary N) is 2. The quantitative estimate of drug-likeness (QED) is 0.479. The summed E-state index contributed by atoms with van der Waals surface area (Å²) in [4.78, 5) is 11.0. The average molecular weight is 364 g/mol. The molecule has 0 radical (unpaired) electrons. The summed E-state index contributed by atoms with van der Waals surface area (Å²) in [6.45, 7) is 0. The smallest absolute Gasteiger partial charge is 0.424 e. The Morgan fingerprint density at radius 1 is 1.24 bits per heavy atom. The van der Waals surface area contributed by atoms with Crippen LogP contribution in [0.25, 0.3) is 0 Å². The highest BCUT2D eigenvalue weighted by atomic mass is 35.5. The van der Waals surface area contributed by atoms with Crippen LogP contribution in [0.3, 0.4) is 0 Å². The molecule has 0 amide bonds. The lowest BCUT2D eigenvalue weighted by molar-refractivity contribution is -0.148. The van der Waals surface area contributed by atoms with Crippen LogP contribution >= 0.6 is 34.8 Å². The number of carbonyl (C=O) groups is 1. The normalized spacial score (nSPS) is 12.0. The highest BCUT2D eigenvalue weighted by molar-refractivity contribution is 6.41. The standard InChI is InChI=1S/C11H8Cl3F3N2O2/c1-21-10(20)6(11(15,16)17)4-18-19-9-7(13)2-5(12)3-8(9)14/h2-4,18-19H,1H3/b6-4-. The first-order chi connectivity index (χ1) is 9.66. The van der Waals surface area contributed by atoms with Crippen LogP contribution in [0, 0.1) is 0 Å². The predicted molar refractivity (Wildman–Crippen MR) is 74.4 cm³/mol. The van der Waals surface area contributed by atoms with Crippen LogP contribution in [0.2, 0.25) is 15.1 Å². The molecule has 0 aliphatic rings. The van der Waals surface area contributed by atoms with Crippen molar-refractivity contribution in [3.8, 4) is 0 Å². The summed E-state index contributed by atoms with van der Waals surface area (Å²) < 4.78 is 41.8. The van der Waals surface area contributed by atoms with E-state index in [-0.39, 0.29) is 20.8 Å². The fraction of sp³-hybridized carbons (Fsp3) is 0.182. The number of halogens is 6. The highest BCUT2D eigenvalue weighted by Gasteiger charge is 2.39. The summed E-state index contributed by atoms with van der Waals surface area (Å²) in [7, 11) is 0.836. The largest absolute Gasteiger partial charge is 0.465 e. The van der Waals surface area contributed by atoms with Gasteiger partial charge in [0.05, 0.1) is 22.8 Å². The summed E-state index contributed by atoms with van der Waals surface area (Å²) in [5.74, 6) is -1.54. The maximum absolute atomic E-state index is 12.6. The average Bonchev–Trinajstić information content (AvgIpc) is 2.34. The van der Waals surface area contributed by atoms with Crippen molar-refractivity contribution < 1.29 is 22.7 Å². The molecule has 10 heteroatoms. The minimum absolute atomic E-state index is 0.0834. The molecule has 1 rings (SSSR count). The van der Waals surface area contributed by atoms with Crippen LogP contribution in [0.1, 0.15) is 0 Å². The summed E-state index contributed by atoms with van der Waals surface area (Å²) >= 11 is 17.3. The first-order valence-electron chi connectivity index (χ1n) is 5.18. The number of esters is 1. The van der Waals surface area contributed by atoms with Gasteiger partial charge in [-0.05, 0) is 12.1 Å². The van der Waals surface area contributed by atoms with Gasteiger partial charge in [-0.1, -0.05) is 34.8 Å². The Balaban J connectivity index is 2.92. The molecule has 0 bridgehead atoms. The minimum Gasteiger partial charge on any atom is -0.465 e. The number of methoxy groups -OCH3 is 1. The van der Waals surface area contributed by atoms with Gasteiger partial charge in [-0.25, -0.2) is 4.79 Å². The van der Waals surface area contributed by atoms with E-state index in [4.69, 9.17) is 34.8 Å². The number of hydrazine groups is 1. The zero-order valence-electron chi connectivity index (χ0n) is 10.3. The van der Waals surface area contributed by atoms with Crippen molar-refractivity contribution in [2.45, 2.75) is 6.18 Å². The van der Waals surface area contributed by atoms with Crippen molar-refractivity contribution in [2.24, 2.45) is 0 Å². The third kappa shape index (κ3) is 4.87. The molecular weight excluding hydrogens is 355 g/mol. The molecule has 0 heterocycles. The maximum atomic E-state index is 12.6. The van der Waals surface area contributed by atoms with Crippen LogP contribution < -0.4 is 10.9 Å². The van der Waals surface area contributed by atoms with E-state index in [9.17, 15) is 18.0 Å². The topological polar surface area (TPSA) is 50.4 Å². The molecule has 21 heavy (non-hydrogen) atoms. The van der Waals surface area contributed by atoms with E-state index in [1.165, 1.54) is 12.1 Å². The van der Waals surface area contributed by atoms with Crippen LogP contribution in [0.15, 0.2) is 23.9 Å². The van der Waals surface area contributed by atoms with Gasteiger partial charge in [0.15, 0.2) is 5.57 Å². The molecule has 0 fully saturated rings. The molecule has 0 spiro atoms. The van der Waals surface area contributed by atoms with Crippen LogP contribution in [-0.2, 0) is 9.53 Å². The monoisotopic (exact) mass is 362 g/mol. The maximum Gasteiger partial charge on any atom is 0.424 e. The summed E-state index contributed by atoms with van der Waals surface area (Å²) in [5.41, 5.74) is 2.99. The Morgan fingerprint density at radius 2 is 1.76 bits per heavy atom. The fourth-order valence-corrected chi connectivity index (χ4v) is 2.12. The molecule has 0 aliphatic carbocycles. The second kappa shape index (κ2) is 7.11. The number of ether oxygens (including phenoxy) is 1. The molecule has 1 aromatic rings. The van der Waals surface area contributed by atoms with Crippen molar-refractivity contribution in [3.05, 3.63) is 39.0 Å². The Hall–Kier alpha value is -1.31. The Kier molecular flexibility index (Phi) is 6.00. The van der Waals surface area contributed by atoms with E-state index < -0.39 is 17.7 Å². The molecule has 0 saturated heterocycles. The zero-order chi connectivity index (χ0) is 16.2. The first kappa shape index (κ1) is 17.7. The Morgan fingerprint density at radius 3 is 2.19 bits per heavy atom. The highest BCUT2D eigenvalue weighted by Crippen LogP contribution is 2.33.